The van der Waals surface area contributed by atoms with Gasteiger partial charge in [0, 0.05) is 31.7 Å². The summed E-state index contributed by atoms with van der Waals surface area (Å²) in [7, 11) is 1.59. The molecule has 7 heteroatoms. The maximum Gasteiger partial charge on any atom is 0.254 e. The third kappa shape index (κ3) is 4.01. The maximum absolute atomic E-state index is 13.9. The van der Waals surface area contributed by atoms with Crippen molar-refractivity contribution >= 4 is 11.8 Å². The van der Waals surface area contributed by atoms with Gasteiger partial charge in [0.05, 0.1) is 12.5 Å². The lowest BCUT2D eigenvalue weighted by atomic mass is 9.68. The zero-order chi connectivity index (χ0) is 22.8. The molecule has 0 spiro atoms. The second kappa shape index (κ2) is 8.96. The second-order valence-electron chi connectivity index (χ2n) is 9.03. The van der Waals surface area contributed by atoms with Crippen molar-refractivity contribution in [2.24, 2.45) is 0 Å². The Hall–Kier alpha value is -3.22. The lowest BCUT2D eigenvalue weighted by Gasteiger charge is -2.43. The van der Waals surface area contributed by atoms with Gasteiger partial charge in [0.15, 0.2) is 11.5 Å². The van der Waals surface area contributed by atoms with Crippen molar-refractivity contribution in [3.05, 3.63) is 53.6 Å². The lowest BCUT2D eigenvalue weighted by molar-refractivity contribution is -0.140. The number of piperazine rings is 1. The van der Waals surface area contributed by atoms with Crippen molar-refractivity contribution in [3.8, 4) is 17.2 Å². The van der Waals surface area contributed by atoms with Crippen molar-refractivity contribution in [2.45, 2.75) is 37.5 Å². The van der Waals surface area contributed by atoms with E-state index in [4.69, 9.17) is 14.2 Å². The minimum Gasteiger partial charge on any atom is -0.497 e. The van der Waals surface area contributed by atoms with Crippen LogP contribution >= 0.6 is 0 Å². The van der Waals surface area contributed by atoms with Crippen molar-refractivity contribution in [1.82, 2.24) is 9.80 Å². The molecule has 3 aliphatic rings. The molecular weight excluding hydrogens is 420 g/mol. The van der Waals surface area contributed by atoms with Crippen LogP contribution in [-0.4, -0.2) is 61.7 Å². The van der Waals surface area contributed by atoms with Gasteiger partial charge >= 0.3 is 0 Å². The van der Waals surface area contributed by atoms with Gasteiger partial charge in [-0.3, -0.25) is 9.59 Å². The summed E-state index contributed by atoms with van der Waals surface area (Å²) in [6.07, 6.45) is 4.91. The van der Waals surface area contributed by atoms with Gasteiger partial charge in [0.2, 0.25) is 12.7 Å². The number of nitrogens with zero attached hydrogens (tertiary/aromatic N) is 2. The van der Waals surface area contributed by atoms with Crippen LogP contribution in [0.1, 0.15) is 48.0 Å². The van der Waals surface area contributed by atoms with Crippen LogP contribution in [-0.2, 0) is 10.2 Å². The van der Waals surface area contributed by atoms with Gasteiger partial charge in [-0.2, -0.15) is 0 Å². The minimum atomic E-state index is -0.530. The van der Waals surface area contributed by atoms with Crippen molar-refractivity contribution in [1.29, 1.82) is 0 Å². The molecule has 0 radical (unpaired) electrons. The average molecular weight is 451 g/mol. The fourth-order valence-electron chi connectivity index (χ4n) is 5.33. The molecule has 2 heterocycles. The van der Waals surface area contributed by atoms with Crippen LogP contribution in [0.3, 0.4) is 0 Å². The standard InChI is InChI=1S/C26H30N2O5/c1-31-21-7-5-6-19(16-21)24(29)27-12-14-28(15-13-27)25(30)26(10-3-2-4-11-26)20-8-9-22-23(17-20)33-18-32-22/h5-9,16-17H,2-4,10-15,18H2,1H3. The normalized spacial score (nSPS) is 19.3. The van der Waals surface area contributed by atoms with Gasteiger partial charge < -0.3 is 24.0 Å². The van der Waals surface area contributed by atoms with Crippen LogP contribution in [0.2, 0.25) is 0 Å². The molecule has 1 saturated carbocycles. The monoisotopic (exact) mass is 450 g/mol. The number of carbonyl (C=O) groups excluding carboxylic acids is 2. The Morgan fingerprint density at radius 3 is 2.36 bits per heavy atom. The Balaban J connectivity index is 1.31. The third-order valence-corrected chi connectivity index (χ3v) is 7.21. The number of amides is 2. The summed E-state index contributed by atoms with van der Waals surface area (Å²) < 4.78 is 16.3. The molecule has 2 aromatic rings. The summed E-state index contributed by atoms with van der Waals surface area (Å²) in [5.41, 5.74) is 1.10. The van der Waals surface area contributed by atoms with E-state index in [2.05, 4.69) is 0 Å². The number of carbonyl (C=O) groups is 2. The Morgan fingerprint density at radius 2 is 1.61 bits per heavy atom. The molecule has 1 aliphatic carbocycles. The molecule has 7 nitrogen and oxygen atoms in total. The zero-order valence-corrected chi connectivity index (χ0v) is 19.0. The largest absolute Gasteiger partial charge is 0.497 e. The van der Waals surface area contributed by atoms with Crippen LogP contribution in [0.5, 0.6) is 17.2 Å². The van der Waals surface area contributed by atoms with E-state index < -0.39 is 5.41 Å². The smallest absolute Gasteiger partial charge is 0.254 e. The van der Waals surface area contributed by atoms with E-state index >= 15 is 0 Å². The summed E-state index contributed by atoms with van der Waals surface area (Å²) in [5.74, 6) is 2.28. The van der Waals surface area contributed by atoms with Gasteiger partial charge in [0.1, 0.15) is 5.75 Å². The summed E-state index contributed by atoms with van der Waals surface area (Å²) in [5, 5.41) is 0. The quantitative estimate of drug-likeness (QED) is 0.712. The van der Waals surface area contributed by atoms with Crippen molar-refractivity contribution < 1.29 is 23.8 Å². The number of hydrogen-bond donors (Lipinski definition) is 0. The lowest BCUT2D eigenvalue weighted by Crippen LogP contribution is -2.56. The molecule has 5 rings (SSSR count). The number of ether oxygens (including phenoxy) is 3. The predicted octanol–water partition coefficient (Wildman–Crippen LogP) is 3.61. The highest BCUT2D eigenvalue weighted by Gasteiger charge is 2.44. The van der Waals surface area contributed by atoms with Crippen LogP contribution in [0.25, 0.3) is 0 Å². The van der Waals surface area contributed by atoms with E-state index in [-0.39, 0.29) is 18.6 Å². The first-order chi connectivity index (χ1) is 16.1. The molecule has 0 aromatic heterocycles. The molecule has 2 amide bonds. The summed E-state index contributed by atoms with van der Waals surface area (Å²) in [4.78, 5) is 30.7. The molecule has 0 unspecified atom stereocenters. The summed E-state index contributed by atoms with van der Waals surface area (Å²) >= 11 is 0. The van der Waals surface area contributed by atoms with Crippen LogP contribution in [0.4, 0.5) is 0 Å². The average Bonchev–Trinajstić information content (AvgIpc) is 3.36. The third-order valence-electron chi connectivity index (χ3n) is 7.21. The van der Waals surface area contributed by atoms with E-state index in [0.717, 1.165) is 49.2 Å². The van der Waals surface area contributed by atoms with Crippen LogP contribution in [0.15, 0.2) is 42.5 Å². The number of rotatable bonds is 4. The molecule has 2 aromatic carbocycles. The topological polar surface area (TPSA) is 68.3 Å². The van der Waals surface area contributed by atoms with Crippen molar-refractivity contribution in [3.63, 3.8) is 0 Å². The number of hydrogen-bond acceptors (Lipinski definition) is 5. The number of benzene rings is 2. The SMILES string of the molecule is COc1cccc(C(=O)N2CCN(C(=O)C3(c4ccc5c(c4)OCO5)CCCCC3)CC2)c1. The van der Waals surface area contributed by atoms with Gasteiger partial charge in [-0.25, -0.2) is 0 Å². The first-order valence-corrected chi connectivity index (χ1v) is 11.7. The van der Waals surface area contributed by atoms with Crippen molar-refractivity contribution in [2.75, 3.05) is 40.1 Å². The first kappa shape index (κ1) is 21.6. The van der Waals surface area contributed by atoms with E-state index in [9.17, 15) is 9.59 Å². The highest BCUT2D eigenvalue weighted by atomic mass is 16.7. The minimum absolute atomic E-state index is 0.0239. The Morgan fingerprint density at radius 1 is 0.879 bits per heavy atom. The van der Waals surface area contributed by atoms with Crippen LogP contribution in [0, 0.1) is 0 Å². The zero-order valence-electron chi connectivity index (χ0n) is 19.0. The molecule has 2 aliphatic heterocycles. The summed E-state index contributed by atoms with van der Waals surface area (Å²) in [6.45, 7) is 2.36. The van der Waals surface area contributed by atoms with Gasteiger partial charge in [-0.1, -0.05) is 31.4 Å². The first-order valence-electron chi connectivity index (χ1n) is 11.7. The molecule has 0 N–H and O–H groups in total. The van der Waals surface area contributed by atoms with Gasteiger partial charge in [-0.15, -0.1) is 0 Å². The molecule has 174 valence electrons. The highest BCUT2D eigenvalue weighted by molar-refractivity contribution is 5.95. The fourth-order valence-corrected chi connectivity index (χ4v) is 5.33. The Kier molecular flexibility index (Phi) is 5.87. The van der Waals surface area contributed by atoms with Crippen LogP contribution < -0.4 is 14.2 Å². The molecule has 33 heavy (non-hydrogen) atoms. The Bertz CT molecular complexity index is 1040. The number of fused-ring (bicyclic) bond motifs is 1. The van der Waals surface area contributed by atoms with E-state index in [1.165, 1.54) is 0 Å². The van der Waals surface area contributed by atoms with Gasteiger partial charge in [0.25, 0.3) is 5.91 Å². The predicted molar refractivity (Wildman–Crippen MR) is 123 cm³/mol. The Labute approximate surface area is 194 Å². The summed E-state index contributed by atoms with van der Waals surface area (Å²) in [6, 6.07) is 13.2. The highest BCUT2D eigenvalue weighted by Crippen LogP contribution is 2.44. The second-order valence-corrected chi connectivity index (χ2v) is 9.03. The van der Waals surface area contributed by atoms with E-state index in [1.54, 1.807) is 19.2 Å². The molecular formula is C26H30N2O5. The molecule has 1 saturated heterocycles. The molecule has 2 fully saturated rings. The molecule has 0 atom stereocenters. The molecule has 0 bridgehead atoms. The van der Waals surface area contributed by atoms with E-state index in [1.807, 2.05) is 40.1 Å². The maximum atomic E-state index is 13.9. The van der Waals surface area contributed by atoms with Gasteiger partial charge in [-0.05, 0) is 48.7 Å². The number of methoxy groups -OCH3 is 1. The van der Waals surface area contributed by atoms with E-state index in [0.29, 0.717) is 37.5 Å². The fraction of sp³-hybridized carbons (Fsp3) is 0.462.